The predicted molar refractivity (Wildman–Crippen MR) is 54.3 cm³/mol. The highest BCUT2D eigenvalue weighted by atomic mass is 19.1. The van der Waals surface area contributed by atoms with Gasteiger partial charge in [-0.25, -0.2) is 8.78 Å². The van der Waals surface area contributed by atoms with E-state index in [4.69, 9.17) is 5.11 Å². The summed E-state index contributed by atoms with van der Waals surface area (Å²) >= 11 is 0. The van der Waals surface area contributed by atoms with Crippen molar-refractivity contribution < 1.29 is 18.7 Å². The van der Waals surface area contributed by atoms with Crippen LogP contribution in [0.15, 0.2) is 12.1 Å². The molecule has 0 amide bonds. The van der Waals surface area contributed by atoms with E-state index >= 15 is 0 Å². The Kier molecular flexibility index (Phi) is 2.45. The van der Waals surface area contributed by atoms with Crippen LogP contribution in [0.1, 0.15) is 30.4 Å². The molecule has 0 heterocycles. The van der Waals surface area contributed by atoms with Crippen molar-refractivity contribution >= 4 is 5.97 Å². The highest BCUT2D eigenvalue weighted by molar-refractivity contribution is 5.82. The Morgan fingerprint density at radius 3 is 2.12 bits per heavy atom. The molecule has 1 N–H and O–H groups in total. The maximum atomic E-state index is 13.4. The van der Waals surface area contributed by atoms with Crippen molar-refractivity contribution in [3.8, 4) is 0 Å². The molecule has 1 fully saturated rings. The van der Waals surface area contributed by atoms with Gasteiger partial charge in [-0.3, -0.25) is 4.79 Å². The van der Waals surface area contributed by atoms with Gasteiger partial charge in [0.05, 0.1) is 5.41 Å². The molecule has 0 aliphatic heterocycles. The molecule has 0 aromatic heterocycles. The molecule has 2 nitrogen and oxygen atoms in total. The number of benzene rings is 1. The van der Waals surface area contributed by atoms with Gasteiger partial charge in [0.2, 0.25) is 0 Å². The zero-order valence-corrected chi connectivity index (χ0v) is 8.89. The Morgan fingerprint density at radius 2 is 1.81 bits per heavy atom. The van der Waals surface area contributed by atoms with E-state index < -0.39 is 23.0 Å². The van der Waals surface area contributed by atoms with Crippen LogP contribution in [0.3, 0.4) is 0 Å². The van der Waals surface area contributed by atoms with E-state index in [9.17, 15) is 13.6 Å². The number of carboxylic acids is 1. The molecule has 1 aromatic rings. The van der Waals surface area contributed by atoms with Crippen LogP contribution in [0.5, 0.6) is 0 Å². The molecule has 1 aromatic carbocycles. The van der Waals surface area contributed by atoms with Gasteiger partial charge in [-0.2, -0.15) is 0 Å². The van der Waals surface area contributed by atoms with Crippen LogP contribution >= 0.6 is 0 Å². The molecule has 16 heavy (non-hydrogen) atoms. The second kappa shape index (κ2) is 3.54. The largest absolute Gasteiger partial charge is 0.481 e. The molecule has 0 atom stereocenters. The highest BCUT2D eigenvalue weighted by Gasteiger charge is 2.46. The molecule has 0 spiro atoms. The zero-order chi connectivity index (χ0) is 11.9. The van der Waals surface area contributed by atoms with Gasteiger partial charge < -0.3 is 5.11 Å². The molecule has 2 rings (SSSR count). The first kappa shape index (κ1) is 11.0. The second-order valence-electron chi connectivity index (χ2n) is 4.31. The summed E-state index contributed by atoms with van der Waals surface area (Å²) in [6.07, 6.45) is 1.68. The van der Waals surface area contributed by atoms with Gasteiger partial charge in [0.1, 0.15) is 11.6 Å². The molecule has 1 saturated carbocycles. The Bertz CT molecular complexity index is 427. The van der Waals surface area contributed by atoms with E-state index in [1.807, 2.05) is 0 Å². The van der Waals surface area contributed by atoms with Gasteiger partial charge >= 0.3 is 5.97 Å². The van der Waals surface area contributed by atoms with Crippen LogP contribution in [-0.4, -0.2) is 11.1 Å². The molecule has 4 heteroatoms. The van der Waals surface area contributed by atoms with E-state index in [1.54, 1.807) is 0 Å². The SMILES string of the molecule is Cc1c(F)cc(C2(C(=O)O)CCC2)cc1F. The molecule has 1 aliphatic carbocycles. The Balaban J connectivity index is 2.52. The third kappa shape index (κ3) is 1.40. The second-order valence-corrected chi connectivity index (χ2v) is 4.31. The normalized spacial score (nSPS) is 17.9. The van der Waals surface area contributed by atoms with Gasteiger partial charge in [-0.05, 0) is 37.5 Å². The van der Waals surface area contributed by atoms with E-state index in [0.29, 0.717) is 12.8 Å². The minimum absolute atomic E-state index is 0.0661. The summed E-state index contributed by atoms with van der Waals surface area (Å²) in [5.74, 6) is -2.36. The fourth-order valence-electron chi connectivity index (χ4n) is 2.08. The Morgan fingerprint density at radius 1 is 1.31 bits per heavy atom. The van der Waals surface area contributed by atoms with E-state index in [2.05, 4.69) is 0 Å². The maximum absolute atomic E-state index is 13.4. The van der Waals surface area contributed by atoms with Crippen LogP contribution in [0.2, 0.25) is 0 Å². The van der Waals surface area contributed by atoms with Crippen molar-refractivity contribution in [1.29, 1.82) is 0 Å². The first-order valence-corrected chi connectivity index (χ1v) is 5.17. The summed E-state index contributed by atoms with van der Waals surface area (Å²) in [6.45, 7) is 1.34. The minimum atomic E-state index is -1.07. The van der Waals surface area contributed by atoms with E-state index in [-0.39, 0.29) is 11.1 Å². The van der Waals surface area contributed by atoms with Gasteiger partial charge in [0, 0.05) is 5.56 Å². The van der Waals surface area contributed by atoms with Crippen molar-refractivity contribution in [2.24, 2.45) is 0 Å². The van der Waals surface area contributed by atoms with Crippen molar-refractivity contribution in [3.63, 3.8) is 0 Å². The summed E-state index contributed by atoms with van der Waals surface area (Å²) in [5.41, 5.74) is -0.898. The average molecular weight is 226 g/mol. The van der Waals surface area contributed by atoms with Gasteiger partial charge in [-0.15, -0.1) is 0 Å². The number of hydrogen-bond donors (Lipinski definition) is 1. The number of carboxylic acid groups (broad SMARTS) is 1. The zero-order valence-electron chi connectivity index (χ0n) is 8.89. The molecule has 86 valence electrons. The topological polar surface area (TPSA) is 37.3 Å². The Hall–Kier alpha value is -1.45. The number of halogens is 2. The molecule has 0 unspecified atom stereocenters. The molecular formula is C12H12F2O2. The lowest BCUT2D eigenvalue weighted by Crippen LogP contribution is -2.42. The lowest BCUT2D eigenvalue weighted by molar-refractivity contribution is -0.147. The summed E-state index contributed by atoms with van der Waals surface area (Å²) in [4.78, 5) is 11.2. The fourth-order valence-corrected chi connectivity index (χ4v) is 2.08. The average Bonchev–Trinajstić information content (AvgIpc) is 2.11. The number of aliphatic carboxylic acids is 1. The van der Waals surface area contributed by atoms with Crippen molar-refractivity contribution in [2.75, 3.05) is 0 Å². The third-order valence-electron chi connectivity index (χ3n) is 3.45. The Labute approximate surface area is 91.9 Å². The molecule has 0 bridgehead atoms. The summed E-state index contributed by atoms with van der Waals surface area (Å²) in [6, 6.07) is 2.29. The number of rotatable bonds is 2. The molecule has 0 radical (unpaired) electrons. The summed E-state index contributed by atoms with van der Waals surface area (Å²) in [7, 11) is 0. The predicted octanol–water partition coefficient (Wildman–Crippen LogP) is 2.78. The van der Waals surface area contributed by atoms with Gasteiger partial charge in [-0.1, -0.05) is 6.42 Å². The lowest BCUT2D eigenvalue weighted by Gasteiger charge is -2.38. The monoisotopic (exact) mass is 226 g/mol. The van der Waals surface area contributed by atoms with Crippen LogP contribution in [0, 0.1) is 18.6 Å². The smallest absolute Gasteiger partial charge is 0.314 e. The van der Waals surface area contributed by atoms with Crippen LogP contribution in [0.25, 0.3) is 0 Å². The summed E-state index contributed by atoms with van der Waals surface area (Å²) in [5, 5.41) is 9.14. The fraction of sp³-hybridized carbons (Fsp3) is 0.417. The van der Waals surface area contributed by atoms with Crippen molar-refractivity contribution in [1.82, 2.24) is 0 Å². The van der Waals surface area contributed by atoms with E-state index in [1.165, 1.54) is 6.92 Å². The van der Waals surface area contributed by atoms with Crippen molar-refractivity contribution in [2.45, 2.75) is 31.6 Å². The minimum Gasteiger partial charge on any atom is -0.481 e. The number of hydrogen-bond acceptors (Lipinski definition) is 1. The molecule has 0 saturated heterocycles. The first-order chi connectivity index (χ1) is 7.47. The quantitative estimate of drug-likeness (QED) is 0.841. The first-order valence-electron chi connectivity index (χ1n) is 5.17. The third-order valence-corrected chi connectivity index (χ3v) is 3.45. The molecular weight excluding hydrogens is 214 g/mol. The van der Waals surface area contributed by atoms with Gasteiger partial charge in [0.25, 0.3) is 0 Å². The van der Waals surface area contributed by atoms with E-state index in [0.717, 1.165) is 18.6 Å². The van der Waals surface area contributed by atoms with Crippen molar-refractivity contribution in [3.05, 3.63) is 34.9 Å². The van der Waals surface area contributed by atoms with Crippen LogP contribution in [-0.2, 0) is 10.2 Å². The number of carbonyl (C=O) groups is 1. The lowest BCUT2D eigenvalue weighted by atomic mass is 9.64. The van der Waals surface area contributed by atoms with Crippen LogP contribution in [0.4, 0.5) is 8.78 Å². The summed E-state index contributed by atoms with van der Waals surface area (Å²) < 4.78 is 26.7. The maximum Gasteiger partial charge on any atom is 0.314 e. The van der Waals surface area contributed by atoms with Crippen LogP contribution < -0.4 is 0 Å². The highest BCUT2D eigenvalue weighted by Crippen LogP contribution is 2.44. The van der Waals surface area contributed by atoms with Gasteiger partial charge in [0.15, 0.2) is 0 Å². The molecule has 1 aliphatic rings. The standard InChI is InChI=1S/C12H12F2O2/c1-7-9(13)5-8(6-10(7)14)12(11(15)16)3-2-4-12/h5-6H,2-4H2,1H3,(H,15,16).